The highest BCUT2D eigenvalue weighted by Gasteiger charge is 2.18. The lowest BCUT2D eigenvalue weighted by molar-refractivity contribution is -0.119. The Labute approximate surface area is 179 Å². The Morgan fingerprint density at radius 3 is 2.50 bits per heavy atom. The number of H-pyrrole nitrogens is 1. The van der Waals surface area contributed by atoms with Crippen LogP contribution in [0.3, 0.4) is 0 Å². The number of hydrogen-bond acceptors (Lipinski definition) is 5. The molecule has 3 rings (SSSR count). The van der Waals surface area contributed by atoms with Crippen molar-refractivity contribution < 1.29 is 14.3 Å². The van der Waals surface area contributed by atoms with Gasteiger partial charge < -0.3 is 14.5 Å². The summed E-state index contributed by atoms with van der Waals surface area (Å²) in [5.74, 6) is 1.18. The Hall–Kier alpha value is -3.12. The molecule has 0 atom stereocenters. The Balaban J connectivity index is 1.86. The molecule has 0 spiro atoms. The van der Waals surface area contributed by atoms with Crippen LogP contribution in [0.25, 0.3) is 12.2 Å². The van der Waals surface area contributed by atoms with Crippen LogP contribution in [-0.4, -0.2) is 17.9 Å². The third-order valence-electron chi connectivity index (χ3n) is 4.40. The molecule has 1 N–H and O–H groups in total. The van der Waals surface area contributed by atoms with E-state index in [2.05, 4.69) is 4.98 Å². The number of ketones is 1. The Bertz CT molecular complexity index is 1200. The van der Waals surface area contributed by atoms with E-state index in [1.807, 2.05) is 69.3 Å². The second-order valence-electron chi connectivity index (χ2n) is 7.87. The molecular formula is C24H25NO4S. The monoisotopic (exact) mass is 423 g/mol. The van der Waals surface area contributed by atoms with Gasteiger partial charge in [-0.15, -0.1) is 11.3 Å². The summed E-state index contributed by atoms with van der Waals surface area (Å²) in [4.78, 5) is 27.2. The molecule has 0 saturated carbocycles. The predicted octanol–water partition coefficient (Wildman–Crippen LogP) is 3.25. The lowest BCUT2D eigenvalue weighted by Crippen LogP contribution is -2.22. The number of hydrogen-bond donors (Lipinski definition) is 1. The molecule has 0 bridgehead atoms. The van der Waals surface area contributed by atoms with Gasteiger partial charge in [-0.3, -0.25) is 9.59 Å². The van der Waals surface area contributed by atoms with E-state index < -0.39 is 5.41 Å². The Kier molecular flexibility index (Phi) is 6.57. The number of carbonyl (C=O) groups excluding carboxylic acids is 1. The minimum Gasteiger partial charge on any atom is -0.493 e. The predicted molar refractivity (Wildman–Crippen MR) is 120 cm³/mol. The molecule has 0 fully saturated rings. The number of thiazole rings is 1. The van der Waals surface area contributed by atoms with E-state index in [1.165, 1.54) is 17.4 Å². The molecule has 1 heterocycles. The van der Waals surface area contributed by atoms with E-state index in [4.69, 9.17) is 9.47 Å². The largest absolute Gasteiger partial charge is 0.493 e. The second kappa shape index (κ2) is 9.13. The minimum absolute atomic E-state index is 0.0341. The minimum atomic E-state index is -0.492. The van der Waals surface area contributed by atoms with Gasteiger partial charge in [-0.25, -0.2) is 0 Å². The maximum atomic E-state index is 12.3. The van der Waals surface area contributed by atoms with Crippen LogP contribution in [-0.2, 0) is 11.4 Å². The van der Waals surface area contributed by atoms with Gasteiger partial charge in [0.25, 0.3) is 5.56 Å². The highest BCUT2D eigenvalue weighted by molar-refractivity contribution is 7.07. The van der Waals surface area contributed by atoms with Crippen molar-refractivity contribution in [1.82, 2.24) is 4.98 Å². The summed E-state index contributed by atoms with van der Waals surface area (Å²) in [5, 5.41) is 0. The van der Waals surface area contributed by atoms with Crippen LogP contribution in [0, 0.1) is 5.41 Å². The first-order valence-corrected chi connectivity index (χ1v) is 10.4. The molecule has 0 unspecified atom stereocenters. The van der Waals surface area contributed by atoms with Gasteiger partial charge in [-0.05, 0) is 29.3 Å². The summed E-state index contributed by atoms with van der Waals surface area (Å²) in [6.07, 6.45) is 3.26. The van der Waals surface area contributed by atoms with Crippen molar-refractivity contribution in [3.63, 3.8) is 0 Å². The highest BCUT2D eigenvalue weighted by Crippen LogP contribution is 2.29. The van der Waals surface area contributed by atoms with Crippen molar-refractivity contribution in [2.75, 3.05) is 7.11 Å². The molecule has 0 saturated heterocycles. The standard InChI is InChI=1S/C24H25NO4S/c1-24(2,3)21(26)14-22-25-23(27)20(30-22)13-17-10-11-18(19(12-17)28-4)29-15-16-8-6-5-7-9-16/h5-14H,15H2,1-4H3,(H,25,27)/b20-13+,22-14+. The van der Waals surface area contributed by atoms with Gasteiger partial charge in [-0.2, -0.15) is 0 Å². The van der Waals surface area contributed by atoms with Crippen molar-refractivity contribution in [2.24, 2.45) is 5.41 Å². The van der Waals surface area contributed by atoms with Gasteiger partial charge in [0, 0.05) is 11.5 Å². The number of benzene rings is 2. The third kappa shape index (κ3) is 5.48. The van der Waals surface area contributed by atoms with Crippen molar-refractivity contribution in [3.8, 4) is 11.5 Å². The van der Waals surface area contributed by atoms with E-state index in [0.717, 1.165) is 11.1 Å². The van der Waals surface area contributed by atoms with Gasteiger partial charge in [-0.1, -0.05) is 57.2 Å². The molecule has 156 valence electrons. The first-order valence-electron chi connectivity index (χ1n) is 9.58. The maximum absolute atomic E-state index is 12.3. The van der Waals surface area contributed by atoms with Crippen LogP contribution in [0.5, 0.6) is 11.5 Å². The molecule has 0 radical (unpaired) electrons. The lowest BCUT2D eigenvalue weighted by Gasteiger charge is -2.12. The van der Waals surface area contributed by atoms with Crippen LogP contribution in [0.2, 0.25) is 0 Å². The molecule has 0 aliphatic heterocycles. The van der Waals surface area contributed by atoms with Gasteiger partial charge >= 0.3 is 0 Å². The number of rotatable bonds is 6. The Morgan fingerprint density at radius 1 is 1.10 bits per heavy atom. The molecule has 0 aliphatic carbocycles. The number of ether oxygens (including phenoxy) is 2. The molecule has 30 heavy (non-hydrogen) atoms. The van der Waals surface area contributed by atoms with Crippen LogP contribution in [0.15, 0.2) is 53.3 Å². The fraction of sp³-hybridized carbons (Fsp3) is 0.250. The quantitative estimate of drug-likeness (QED) is 0.661. The maximum Gasteiger partial charge on any atom is 0.266 e. The van der Waals surface area contributed by atoms with Crippen LogP contribution in [0.4, 0.5) is 0 Å². The molecule has 6 heteroatoms. The number of aromatic amines is 1. The topological polar surface area (TPSA) is 68.4 Å². The average molecular weight is 424 g/mol. The van der Waals surface area contributed by atoms with E-state index in [1.54, 1.807) is 13.2 Å². The summed E-state index contributed by atoms with van der Waals surface area (Å²) in [5.41, 5.74) is 1.15. The van der Waals surface area contributed by atoms with E-state index in [9.17, 15) is 9.59 Å². The van der Waals surface area contributed by atoms with Crippen molar-refractivity contribution in [2.45, 2.75) is 27.4 Å². The van der Waals surface area contributed by atoms with Gasteiger partial charge in [0.1, 0.15) is 6.61 Å². The van der Waals surface area contributed by atoms with E-state index >= 15 is 0 Å². The van der Waals surface area contributed by atoms with Crippen molar-refractivity contribution in [3.05, 3.63) is 79.2 Å². The zero-order valence-corrected chi connectivity index (χ0v) is 18.3. The molecule has 1 aromatic heterocycles. The number of methoxy groups -OCH3 is 1. The zero-order valence-electron chi connectivity index (χ0n) is 17.5. The van der Waals surface area contributed by atoms with Crippen molar-refractivity contribution in [1.29, 1.82) is 0 Å². The number of carbonyl (C=O) groups is 1. The fourth-order valence-corrected chi connectivity index (χ4v) is 3.53. The highest BCUT2D eigenvalue weighted by atomic mass is 32.1. The molecule has 0 amide bonds. The molecular weight excluding hydrogens is 398 g/mol. The molecule has 3 aromatic rings. The second-order valence-corrected chi connectivity index (χ2v) is 8.96. The van der Waals surface area contributed by atoms with Crippen LogP contribution < -0.4 is 24.2 Å². The van der Waals surface area contributed by atoms with Gasteiger partial charge in [0.05, 0.1) is 16.3 Å². The fourth-order valence-electron chi connectivity index (χ4n) is 2.64. The SMILES string of the molecule is COc1cc(/C=c2/s/c(=C/C(=O)C(C)(C)C)[nH]c2=O)ccc1OCc1ccccc1. The number of aromatic nitrogens is 1. The summed E-state index contributed by atoms with van der Waals surface area (Å²) >= 11 is 1.25. The molecule has 5 nitrogen and oxygen atoms in total. The lowest BCUT2D eigenvalue weighted by atomic mass is 9.91. The molecule has 0 aliphatic rings. The zero-order chi connectivity index (χ0) is 21.7. The van der Waals surface area contributed by atoms with Crippen molar-refractivity contribution >= 4 is 29.3 Å². The third-order valence-corrected chi connectivity index (χ3v) is 5.37. The van der Waals surface area contributed by atoms with E-state index in [-0.39, 0.29) is 11.3 Å². The first-order chi connectivity index (χ1) is 14.3. The first kappa shape index (κ1) is 21.6. The van der Waals surface area contributed by atoms with Crippen LogP contribution in [0.1, 0.15) is 31.9 Å². The van der Waals surface area contributed by atoms with Gasteiger partial charge in [0.2, 0.25) is 0 Å². The Morgan fingerprint density at radius 2 is 1.83 bits per heavy atom. The van der Waals surface area contributed by atoms with Gasteiger partial charge in [0.15, 0.2) is 17.3 Å². The summed E-state index contributed by atoms with van der Waals surface area (Å²) in [6.45, 7) is 5.97. The normalized spacial score (nSPS) is 12.8. The van der Waals surface area contributed by atoms with Crippen LogP contribution >= 0.6 is 11.3 Å². The summed E-state index contributed by atoms with van der Waals surface area (Å²) in [7, 11) is 1.58. The summed E-state index contributed by atoms with van der Waals surface area (Å²) < 4.78 is 12.4. The number of nitrogens with one attached hydrogen (secondary N) is 1. The number of Topliss-reactive ketones (excluding diaryl/α,β-unsaturated/α-hetero) is 1. The smallest absolute Gasteiger partial charge is 0.266 e. The average Bonchev–Trinajstić information content (AvgIpc) is 3.05. The summed E-state index contributed by atoms with van der Waals surface area (Å²) in [6, 6.07) is 15.4. The van der Waals surface area contributed by atoms with E-state index in [0.29, 0.717) is 27.3 Å². The molecule has 2 aromatic carbocycles.